The number of nitro benzene ring substituents is 1. The van der Waals surface area contributed by atoms with Crippen molar-refractivity contribution >= 4 is 11.3 Å². The highest BCUT2D eigenvalue weighted by Gasteiger charge is 2.14. The molecule has 4 aromatic rings. The molecular weight excluding hydrogens is 350 g/mol. The second kappa shape index (κ2) is 6.37. The van der Waals surface area contributed by atoms with Crippen molar-refractivity contribution in [3.63, 3.8) is 0 Å². The molecule has 0 bridgehead atoms. The fraction of sp³-hybridized carbons (Fsp3) is 0.0556. The average molecular weight is 363 g/mol. The number of nitrogens with zero attached hydrogens (tertiary/aromatic N) is 5. The Bertz CT molecular complexity index is 1190. The minimum absolute atomic E-state index is 0.0190. The molecule has 0 N–H and O–H groups in total. The first-order valence-corrected chi connectivity index (χ1v) is 7.94. The van der Waals surface area contributed by atoms with Crippen molar-refractivity contribution < 1.29 is 9.66 Å². The van der Waals surface area contributed by atoms with Crippen molar-refractivity contribution in [2.45, 2.75) is 0 Å². The van der Waals surface area contributed by atoms with Crippen molar-refractivity contribution in [2.75, 3.05) is 7.11 Å². The lowest BCUT2D eigenvalue weighted by Crippen LogP contribution is -2.20. The van der Waals surface area contributed by atoms with Gasteiger partial charge in [0, 0.05) is 35.8 Å². The van der Waals surface area contributed by atoms with Gasteiger partial charge in [-0.2, -0.15) is 0 Å². The van der Waals surface area contributed by atoms with Gasteiger partial charge in [-0.15, -0.1) is 10.2 Å². The number of hydrogen-bond donors (Lipinski definition) is 0. The van der Waals surface area contributed by atoms with Crippen LogP contribution in [0.25, 0.3) is 22.7 Å². The number of non-ortho nitro benzene ring substituents is 1. The van der Waals surface area contributed by atoms with Crippen LogP contribution in [0.3, 0.4) is 0 Å². The molecule has 9 heteroatoms. The van der Waals surface area contributed by atoms with E-state index in [1.807, 2.05) is 0 Å². The van der Waals surface area contributed by atoms with Crippen molar-refractivity contribution in [2.24, 2.45) is 0 Å². The van der Waals surface area contributed by atoms with Gasteiger partial charge in [0.25, 0.3) is 5.69 Å². The summed E-state index contributed by atoms with van der Waals surface area (Å²) in [4.78, 5) is 23.1. The molecule has 0 atom stereocenters. The van der Waals surface area contributed by atoms with E-state index in [-0.39, 0.29) is 16.9 Å². The third-order valence-electron chi connectivity index (χ3n) is 4.16. The molecule has 4 rings (SSSR count). The van der Waals surface area contributed by atoms with Crippen LogP contribution in [-0.2, 0) is 0 Å². The van der Waals surface area contributed by atoms with Crippen LogP contribution in [0.15, 0.2) is 65.7 Å². The fourth-order valence-corrected chi connectivity index (χ4v) is 2.76. The zero-order valence-corrected chi connectivity index (χ0v) is 14.1. The molecule has 0 radical (unpaired) electrons. The number of aromatic nitrogens is 4. The molecule has 0 unspecified atom stereocenters. The summed E-state index contributed by atoms with van der Waals surface area (Å²) in [5.41, 5.74) is 1.09. The van der Waals surface area contributed by atoms with Gasteiger partial charge in [-0.1, -0.05) is 0 Å². The molecule has 0 aliphatic heterocycles. The summed E-state index contributed by atoms with van der Waals surface area (Å²) in [6.45, 7) is 0. The Morgan fingerprint density at radius 2 is 1.70 bits per heavy atom. The maximum Gasteiger partial charge on any atom is 0.300 e. The van der Waals surface area contributed by atoms with Gasteiger partial charge in [0.1, 0.15) is 5.75 Å². The number of methoxy groups -OCH3 is 1. The van der Waals surface area contributed by atoms with E-state index in [1.54, 1.807) is 60.3 Å². The molecule has 2 aromatic heterocycles. The normalized spacial score (nSPS) is 10.9. The van der Waals surface area contributed by atoms with Crippen LogP contribution < -0.4 is 10.3 Å². The predicted octanol–water partition coefficient (Wildman–Crippen LogP) is 2.46. The van der Waals surface area contributed by atoms with Crippen molar-refractivity contribution in [1.82, 2.24) is 19.2 Å². The number of hydrogen-bond acceptors (Lipinski definition) is 6. The van der Waals surface area contributed by atoms with E-state index in [0.29, 0.717) is 22.8 Å². The summed E-state index contributed by atoms with van der Waals surface area (Å²) < 4.78 is 8.15. The lowest BCUT2D eigenvalue weighted by molar-refractivity contribution is -0.384. The Morgan fingerprint density at radius 3 is 2.33 bits per heavy atom. The van der Waals surface area contributed by atoms with Gasteiger partial charge in [-0.25, -0.2) is 0 Å². The highest BCUT2D eigenvalue weighted by Crippen LogP contribution is 2.21. The van der Waals surface area contributed by atoms with Crippen molar-refractivity contribution in [3.05, 3.63) is 81.4 Å². The van der Waals surface area contributed by atoms with Gasteiger partial charge in [-0.05, 0) is 36.4 Å². The second-order valence-corrected chi connectivity index (χ2v) is 5.69. The second-order valence-electron chi connectivity index (χ2n) is 5.69. The molecule has 0 spiro atoms. The van der Waals surface area contributed by atoms with E-state index in [0.717, 1.165) is 0 Å². The van der Waals surface area contributed by atoms with Crippen LogP contribution in [0.5, 0.6) is 5.75 Å². The molecule has 134 valence electrons. The molecule has 2 aromatic carbocycles. The number of benzene rings is 2. The Morgan fingerprint density at radius 1 is 1.00 bits per heavy atom. The third kappa shape index (κ3) is 2.80. The summed E-state index contributed by atoms with van der Waals surface area (Å²) >= 11 is 0. The average Bonchev–Trinajstić information content (AvgIpc) is 3.13. The monoisotopic (exact) mass is 363 g/mol. The zero-order valence-electron chi connectivity index (χ0n) is 14.1. The molecule has 2 heterocycles. The summed E-state index contributed by atoms with van der Waals surface area (Å²) in [6, 6.07) is 13.0. The SMILES string of the molecule is COc1ccc(-n2ccn3c(-c4ccc([N+](=O)[O-])cc4)nnc3c2=O)cc1. The maximum atomic E-state index is 12.8. The topological polar surface area (TPSA) is 105 Å². The highest BCUT2D eigenvalue weighted by molar-refractivity contribution is 5.61. The fourth-order valence-electron chi connectivity index (χ4n) is 2.76. The van der Waals surface area contributed by atoms with E-state index >= 15 is 0 Å². The van der Waals surface area contributed by atoms with Crippen LogP contribution in [-0.4, -0.2) is 31.2 Å². The number of rotatable bonds is 4. The lowest BCUT2D eigenvalue weighted by atomic mass is 10.2. The molecule has 0 fully saturated rings. The number of fused-ring (bicyclic) bond motifs is 1. The molecule has 0 aliphatic rings. The smallest absolute Gasteiger partial charge is 0.300 e. The largest absolute Gasteiger partial charge is 0.497 e. The maximum absolute atomic E-state index is 12.8. The Kier molecular flexibility index (Phi) is 3.88. The quantitative estimate of drug-likeness (QED) is 0.407. The van der Waals surface area contributed by atoms with Gasteiger partial charge in [0.15, 0.2) is 5.82 Å². The Hall–Kier alpha value is -4.01. The van der Waals surface area contributed by atoms with Gasteiger partial charge in [0.05, 0.1) is 12.0 Å². The first-order valence-electron chi connectivity index (χ1n) is 7.94. The van der Waals surface area contributed by atoms with Crippen LogP contribution in [0.4, 0.5) is 5.69 Å². The summed E-state index contributed by atoms with van der Waals surface area (Å²) in [6.07, 6.45) is 3.30. The standard InChI is InChI=1S/C18H13N5O4/c1-27-15-8-6-13(7-9-15)21-10-11-22-16(19-20-17(22)18(21)24)12-2-4-14(5-3-12)23(25)26/h2-11H,1H3. The predicted molar refractivity (Wildman–Crippen MR) is 97.2 cm³/mol. The molecule has 0 saturated heterocycles. The first kappa shape index (κ1) is 16.5. The van der Waals surface area contributed by atoms with E-state index in [2.05, 4.69) is 10.2 Å². The number of ether oxygens (including phenoxy) is 1. The Labute approximate surface area is 152 Å². The first-order chi connectivity index (χ1) is 13.1. The third-order valence-corrected chi connectivity index (χ3v) is 4.16. The van der Waals surface area contributed by atoms with Gasteiger partial charge < -0.3 is 4.74 Å². The van der Waals surface area contributed by atoms with E-state index in [1.165, 1.54) is 16.7 Å². The minimum atomic E-state index is -0.473. The van der Waals surface area contributed by atoms with Crippen LogP contribution in [0.2, 0.25) is 0 Å². The van der Waals surface area contributed by atoms with Gasteiger partial charge in [0.2, 0.25) is 5.65 Å². The van der Waals surface area contributed by atoms with Crippen LogP contribution >= 0.6 is 0 Å². The summed E-state index contributed by atoms with van der Waals surface area (Å²) in [7, 11) is 1.57. The highest BCUT2D eigenvalue weighted by atomic mass is 16.6. The number of nitro groups is 1. The van der Waals surface area contributed by atoms with Crippen molar-refractivity contribution in [3.8, 4) is 22.8 Å². The molecule has 0 saturated carbocycles. The molecule has 0 amide bonds. The Balaban J connectivity index is 1.79. The molecule has 9 nitrogen and oxygen atoms in total. The van der Waals surface area contributed by atoms with Crippen LogP contribution in [0, 0.1) is 10.1 Å². The van der Waals surface area contributed by atoms with Crippen LogP contribution in [0.1, 0.15) is 0 Å². The van der Waals surface area contributed by atoms with Crippen molar-refractivity contribution in [1.29, 1.82) is 0 Å². The van der Waals surface area contributed by atoms with E-state index < -0.39 is 4.92 Å². The zero-order chi connectivity index (χ0) is 19.0. The van der Waals surface area contributed by atoms with E-state index in [4.69, 9.17) is 4.74 Å². The summed E-state index contributed by atoms with van der Waals surface area (Å²) in [5.74, 6) is 1.12. The molecular formula is C18H13N5O4. The summed E-state index contributed by atoms with van der Waals surface area (Å²) in [5, 5.41) is 18.9. The van der Waals surface area contributed by atoms with Gasteiger partial charge >= 0.3 is 5.56 Å². The minimum Gasteiger partial charge on any atom is -0.497 e. The molecule has 27 heavy (non-hydrogen) atoms. The van der Waals surface area contributed by atoms with Gasteiger partial charge in [-0.3, -0.25) is 23.9 Å². The molecule has 0 aliphatic carbocycles. The van der Waals surface area contributed by atoms with E-state index in [9.17, 15) is 14.9 Å². The lowest BCUT2D eigenvalue weighted by Gasteiger charge is -2.07.